The molecule has 0 aliphatic heterocycles. The highest BCUT2D eigenvalue weighted by Crippen LogP contribution is 2.34. The van der Waals surface area contributed by atoms with Crippen LogP contribution in [0, 0.1) is 11.3 Å². The number of hydrogen-bond donors (Lipinski definition) is 4. The van der Waals surface area contributed by atoms with Crippen LogP contribution in [0.3, 0.4) is 0 Å². The molecule has 8 heteroatoms. The third-order valence-electron chi connectivity index (χ3n) is 5.63. The Morgan fingerprint density at radius 1 is 0.946 bits per heavy atom. The Bertz CT molecular complexity index is 1510. The Hall–Kier alpha value is -5.29. The Kier molecular flexibility index (Phi) is 7.66. The van der Waals surface area contributed by atoms with Crippen LogP contribution in [0.2, 0.25) is 0 Å². The molecule has 0 heterocycles. The van der Waals surface area contributed by atoms with E-state index in [0.29, 0.717) is 39.0 Å². The summed E-state index contributed by atoms with van der Waals surface area (Å²) in [5.41, 5.74) is 8.42. The molecule has 37 heavy (non-hydrogen) atoms. The van der Waals surface area contributed by atoms with Gasteiger partial charge in [-0.05, 0) is 53.9 Å². The molecule has 0 aliphatic rings. The van der Waals surface area contributed by atoms with Crippen LogP contribution in [0.5, 0.6) is 5.75 Å². The van der Waals surface area contributed by atoms with Gasteiger partial charge in [0.25, 0.3) is 0 Å². The zero-order valence-electron chi connectivity index (χ0n) is 19.7. The largest absolute Gasteiger partial charge is 0.507 e. The number of nitrogens with one attached hydrogen (secondary N) is 2. The topological polar surface area (TPSA) is 137 Å². The summed E-state index contributed by atoms with van der Waals surface area (Å²) in [6.07, 6.45) is 1.67. The molecule has 4 rings (SSSR count). The quantitative estimate of drug-likeness (QED) is 0.188. The van der Waals surface area contributed by atoms with E-state index in [9.17, 15) is 14.7 Å². The molecule has 0 bridgehead atoms. The van der Waals surface area contributed by atoms with Gasteiger partial charge < -0.3 is 20.9 Å². The van der Waals surface area contributed by atoms with Crippen molar-refractivity contribution >= 4 is 39.8 Å². The molecule has 4 aromatic rings. The number of anilines is 3. The standard InChI is InChI=1S/C29H24N4O4/c30-18-19-12-14-20(15-13-19)32-29(36)37-27(23-16-17-26(34)22-7-2-1-6-21(22)23)10-5-11-28(35)33-25-9-4-3-8-24(25)31/h1-9,11-17,27,34H,10,31H2,(H,32,36)(H,33,35)/b11-5+/t27-/m1/s1. The van der Waals surface area contributed by atoms with Crippen molar-refractivity contribution in [3.63, 3.8) is 0 Å². The number of nitrogen functional groups attached to an aromatic ring is 1. The lowest BCUT2D eigenvalue weighted by Crippen LogP contribution is -2.18. The number of rotatable bonds is 7. The first-order chi connectivity index (χ1) is 17.9. The van der Waals surface area contributed by atoms with Crippen molar-refractivity contribution in [3.05, 3.63) is 108 Å². The van der Waals surface area contributed by atoms with Crippen LogP contribution in [0.4, 0.5) is 21.9 Å². The lowest BCUT2D eigenvalue weighted by atomic mass is 9.97. The van der Waals surface area contributed by atoms with E-state index in [0.717, 1.165) is 0 Å². The number of phenols is 1. The number of para-hydroxylation sites is 2. The molecule has 184 valence electrons. The first-order valence-corrected chi connectivity index (χ1v) is 11.4. The van der Waals surface area contributed by atoms with Gasteiger partial charge in [-0.2, -0.15) is 5.26 Å². The van der Waals surface area contributed by atoms with E-state index in [-0.39, 0.29) is 18.1 Å². The Balaban J connectivity index is 1.55. The Morgan fingerprint density at radius 3 is 2.38 bits per heavy atom. The molecule has 1 atom stereocenters. The number of phenolic OH excluding ortho intramolecular Hbond substituents is 1. The van der Waals surface area contributed by atoms with Gasteiger partial charge in [0, 0.05) is 23.1 Å². The normalized spacial score (nSPS) is 11.5. The second-order valence-electron chi connectivity index (χ2n) is 8.14. The molecule has 0 aliphatic carbocycles. The van der Waals surface area contributed by atoms with E-state index < -0.39 is 12.2 Å². The SMILES string of the molecule is N#Cc1ccc(NC(=O)O[C@H](C/C=C/C(=O)Nc2ccccc2N)c2ccc(O)c3ccccc23)cc1. The molecule has 0 spiro atoms. The number of nitriles is 1. The minimum atomic E-state index is -0.769. The molecular formula is C29H24N4O4. The molecule has 8 nitrogen and oxygen atoms in total. The number of aromatic hydroxyl groups is 1. The second-order valence-corrected chi connectivity index (χ2v) is 8.14. The lowest BCUT2D eigenvalue weighted by molar-refractivity contribution is -0.111. The highest BCUT2D eigenvalue weighted by Gasteiger charge is 2.19. The summed E-state index contributed by atoms with van der Waals surface area (Å²) in [4.78, 5) is 25.2. The van der Waals surface area contributed by atoms with Gasteiger partial charge in [0.15, 0.2) is 0 Å². The van der Waals surface area contributed by atoms with Crippen molar-refractivity contribution < 1.29 is 19.4 Å². The molecule has 0 aromatic heterocycles. The maximum absolute atomic E-state index is 12.8. The summed E-state index contributed by atoms with van der Waals surface area (Å²) in [5, 5.41) is 25.9. The van der Waals surface area contributed by atoms with E-state index in [1.165, 1.54) is 6.08 Å². The molecule has 0 radical (unpaired) electrons. The molecule has 0 saturated carbocycles. The fourth-order valence-corrected chi connectivity index (χ4v) is 3.81. The van der Waals surface area contributed by atoms with Gasteiger partial charge in [0.2, 0.25) is 5.91 Å². The second kappa shape index (κ2) is 11.4. The lowest BCUT2D eigenvalue weighted by Gasteiger charge is -2.20. The van der Waals surface area contributed by atoms with Crippen LogP contribution >= 0.6 is 0 Å². The van der Waals surface area contributed by atoms with Crippen LogP contribution in [-0.4, -0.2) is 17.1 Å². The van der Waals surface area contributed by atoms with Crippen LogP contribution in [0.1, 0.15) is 23.7 Å². The monoisotopic (exact) mass is 492 g/mol. The highest BCUT2D eigenvalue weighted by atomic mass is 16.6. The third-order valence-corrected chi connectivity index (χ3v) is 5.63. The van der Waals surface area contributed by atoms with Gasteiger partial charge in [-0.3, -0.25) is 10.1 Å². The summed E-state index contributed by atoms with van der Waals surface area (Å²) in [6.45, 7) is 0. The highest BCUT2D eigenvalue weighted by molar-refractivity contribution is 6.01. The Labute approximate surface area is 213 Å². The number of carbonyl (C=O) groups is 2. The summed E-state index contributed by atoms with van der Waals surface area (Å²) in [7, 11) is 0. The van der Waals surface area contributed by atoms with Gasteiger partial charge in [0.1, 0.15) is 11.9 Å². The first kappa shape index (κ1) is 24.8. The van der Waals surface area contributed by atoms with Crippen LogP contribution in [0.25, 0.3) is 10.8 Å². The van der Waals surface area contributed by atoms with Gasteiger partial charge in [-0.25, -0.2) is 4.79 Å². The predicted molar refractivity (Wildman–Crippen MR) is 143 cm³/mol. The van der Waals surface area contributed by atoms with E-state index in [4.69, 9.17) is 15.7 Å². The maximum atomic E-state index is 12.8. The minimum Gasteiger partial charge on any atom is -0.507 e. The van der Waals surface area contributed by atoms with Crippen molar-refractivity contribution in [1.82, 2.24) is 0 Å². The van der Waals surface area contributed by atoms with Crippen molar-refractivity contribution in [3.8, 4) is 11.8 Å². The summed E-state index contributed by atoms with van der Waals surface area (Å²) in [6, 6.07) is 25.8. The number of benzene rings is 4. The predicted octanol–water partition coefficient (Wildman–Crippen LogP) is 5.87. The summed E-state index contributed by atoms with van der Waals surface area (Å²) >= 11 is 0. The molecule has 5 N–H and O–H groups in total. The number of nitrogens with two attached hydrogens (primary N) is 1. The van der Waals surface area contributed by atoms with E-state index in [2.05, 4.69) is 10.6 Å². The van der Waals surface area contributed by atoms with Crippen LogP contribution in [0.15, 0.2) is 97.1 Å². The zero-order valence-corrected chi connectivity index (χ0v) is 19.7. The maximum Gasteiger partial charge on any atom is 0.412 e. The van der Waals surface area contributed by atoms with Crippen molar-refractivity contribution in [1.29, 1.82) is 5.26 Å². The number of nitrogens with zero attached hydrogens (tertiary/aromatic N) is 1. The average molecular weight is 493 g/mol. The first-order valence-electron chi connectivity index (χ1n) is 11.4. The van der Waals surface area contributed by atoms with E-state index >= 15 is 0 Å². The molecular weight excluding hydrogens is 468 g/mol. The number of ether oxygens (including phenoxy) is 1. The minimum absolute atomic E-state index is 0.107. The van der Waals surface area contributed by atoms with E-state index in [1.807, 2.05) is 18.2 Å². The van der Waals surface area contributed by atoms with Crippen molar-refractivity contribution in [2.24, 2.45) is 0 Å². The van der Waals surface area contributed by atoms with Crippen molar-refractivity contribution in [2.45, 2.75) is 12.5 Å². The fourth-order valence-electron chi connectivity index (χ4n) is 3.81. The number of hydrogen-bond acceptors (Lipinski definition) is 6. The third kappa shape index (κ3) is 6.24. The average Bonchev–Trinajstić information content (AvgIpc) is 2.90. The fraction of sp³-hybridized carbons (Fsp3) is 0.0690. The van der Waals surface area contributed by atoms with Crippen LogP contribution < -0.4 is 16.4 Å². The molecule has 4 aromatic carbocycles. The number of amides is 2. The number of fused-ring (bicyclic) bond motifs is 1. The Morgan fingerprint density at radius 2 is 1.65 bits per heavy atom. The zero-order chi connectivity index (χ0) is 26.2. The molecule has 0 unspecified atom stereocenters. The number of carbonyl (C=O) groups excluding carboxylic acids is 2. The van der Waals surface area contributed by atoms with Gasteiger partial charge in [-0.1, -0.05) is 48.5 Å². The molecule has 2 amide bonds. The van der Waals surface area contributed by atoms with Crippen molar-refractivity contribution in [2.75, 3.05) is 16.4 Å². The van der Waals surface area contributed by atoms with Gasteiger partial charge >= 0.3 is 6.09 Å². The summed E-state index contributed by atoms with van der Waals surface area (Å²) < 4.78 is 5.76. The molecule has 0 fully saturated rings. The van der Waals surface area contributed by atoms with Crippen LogP contribution in [-0.2, 0) is 9.53 Å². The van der Waals surface area contributed by atoms with Gasteiger partial charge in [-0.15, -0.1) is 0 Å². The van der Waals surface area contributed by atoms with E-state index in [1.54, 1.807) is 78.9 Å². The smallest absolute Gasteiger partial charge is 0.412 e. The summed E-state index contributed by atoms with van der Waals surface area (Å²) in [5.74, 6) is -0.273. The molecule has 0 saturated heterocycles. The van der Waals surface area contributed by atoms with Gasteiger partial charge in [0.05, 0.1) is 23.0 Å².